The Kier molecular flexibility index (Phi) is 4.18. The van der Waals surface area contributed by atoms with Gasteiger partial charge in [-0.05, 0) is 22.4 Å². The number of H-pyrrole nitrogens is 1. The molecule has 0 aliphatic rings. The van der Waals surface area contributed by atoms with Gasteiger partial charge in [-0.2, -0.15) is 0 Å². The number of imidazole rings is 1. The number of nitrogens with one attached hydrogen (secondary N) is 2. The number of hydrogen-bond acceptors (Lipinski definition) is 5. The number of amides is 1. The summed E-state index contributed by atoms with van der Waals surface area (Å²) in [5.41, 5.74) is 2.37. The van der Waals surface area contributed by atoms with Crippen LogP contribution in [0.4, 0.5) is 5.82 Å². The molecule has 2 aromatic heterocycles. The van der Waals surface area contributed by atoms with Crippen LogP contribution in [0.1, 0.15) is 5.56 Å². The molecule has 0 aliphatic carbocycles. The Labute approximate surface area is 150 Å². The van der Waals surface area contributed by atoms with E-state index in [1.54, 1.807) is 11.2 Å². The zero-order valence-electron chi connectivity index (χ0n) is 14.3. The van der Waals surface area contributed by atoms with Crippen molar-refractivity contribution >= 4 is 33.7 Å². The predicted molar refractivity (Wildman–Crippen MR) is 101 cm³/mol. The van der Waals surface area contributed by atoms with E-state index in [1.807, 2.05) is 25.2 Å². The van der Waals surface area contributed by atoms with Gasteiger partial charge < -0.3 is 15.2 Å². The van der Waals surface area contributed by atoms with Crippen molar-refractivity contribution in [1.29, 1.82) is 0 Å². The number of rotatable bonds is 5. The van der Waals surface area contributed by atoms with Gasteiger partial charge in [-0.1, -0.05) is 36.4 Å². The average molecular weight is 346 g/mol. The van der Waals surface area contributed by atoms with Crippen LogP contribution in [0.5, 0.6) is 0 Å². The Balaban J connectivity index is 1.41. The van der Waals surface area contributed by atoms with Crippen LogP contribution in [0.3, 0.4) is 0 Å². The maximum absolute atomic E-state index is 12.3. The molecule has 4 rings (SSSR count). The first-order chi connectivity index (χ1) is 12.7. The van der Waals surface area contributed by atoms with Crippen LogP contribution >= 0.6 is 0 Å². The molecule has 1 amide bonds. The molecule has 0 saturated carbocycles. The summed E-state index contributed by atoms with van der Waals surface area (Å²) >= 11 is 0. The summed E-state index contributed by atoms with van der Waals surface area (Å²) in [6.45, 7) is 0.680. The lowest BCUT2D eigenvalue weighted by atomic mass is 10.1. The molecule has 2 aromatic carbocycles. The fourth-order valence-electron chi connectivity index (χ4n) is 2.94. The number of aromatic nitrogens is 4. The van der Waals surface area contributed by atoms with Crippen LogP contribution in [-0.4, -0.2) is 39.4 Å². The summed E-state index contributed by atoms with van der Waals surface area (Å²) in [5.74, 6) is 0.570. The number of benzene rings is 2. The standard InChI is InChI=1S/C19H18N6O/c1-25(19-17-18(22-11-21-17)23-12-24-19)10-16(26)20-9-13-6-7-14-4-2-3-5-15(14)8-13/h2-8,11-12H,9-10H2,1H3,(H,20,26)(H,21,22,23,24). The largest absolute Gasteiger partial charge is 0.350 e. The number of nitrogens with zero attached hydrogens (tertiary/aromatic N) is 4. The second-order valence-corrected chi connectivity index (χ2v) is 6.11. The number of aromatic amines is 1. The number of fused-ring (bicyclic) bond motifs is 2. The Morgan fingerprint density at radius 3 is 2.85 bits per heavy atom. The van der Waals surface area contributed by atoms with Gasteiger partial charge in [0.2, 0.25) is 5.91 Å². The molecule has 7 nitrogen and oxygen atoms in total. The lowest BCUT2D eigenvalue weighted by molar-refractivity contribution is -0.119. The minimum atomic E-state index is -0.0769. The monoisotopic (exact) mass is 346 g/mol. The Hall–Kier alpha value is -3.48. The number of carbonyl (C=O) groups excluding carboxylic acids is 1. The van der Waals surface area contributed by atoms with Crippen LogP contribution < -0.4 is 10.2 Å². The minimum Gasteiger partial charge on any atom is -0.350 e. The highest BCUT2D eigenvalue weighted by molar-refractivity contribution is 5.87. The SMILES string of the molecule is CN(CC(=O)NCc1ccc2ccccc2c1)c1ncnc2nc[nH]c12. The molecule has 0 atom stereocenters. The van der Waals surface area contributed by atoms with E-state index in [9.17, 15) is 4.79 Å². The van der Waals surface area contributed by atoms with E-state index in [4.69, 9.17) is 0 Å². The molecular formula is C19H18N6O. The number of carbonyl (C=O) groups is 1. The normalized spacial score (nSPS) is 11.0. The maximum Gasteiger partial charge on any atom is 0.239 e. The van der Waals surface area contributed by atoms with E-state index >= 15 is 0 Å². The van der Waals surface area contributed by atoms with E-state index in [-0.39, 0.29) is 12.5 Å². The van der Waals surface area contributed by atoms with Crippen LogP contribution in [0, 0.1) is 0 Å². The van der Waals surface area contributed by atoms with Gasteiger partial charge in [-0.15, -0.1) is 0 Å². The number of likely N-dealkylation sites (N-methyl/N-ethyl adjacent to an activating group) is 1. The third-order valence-electron chi connectivity index (χ3n) is 4.25. The predicted octanol–water partition coefficient (Wildman–Crippen LogP) is 2.26. The highest BCUT2D eigenvalue weighted by atomic mass is 16.2. The molecular weight excluding hydrogens is 328 g/mol. The van der Waals surface area contributed by atoms with Crippen LogP contribution in [0.25, 0.3) is 21.9 Å². The summed E-state index contributed by atoms with van der Waals surface area (Å²) in [6.07, 6.45) is 3.01. The Morgan fingerprint density at radius 2 is 1.96 bits per heavy atom. The third kappa shape index (κ3) is 3.19. The molecule has 0 aliphatic heterocycles. The first kappa shape index (κ1) is 16.0. The molecule has 7 heteroatoms. The van der Waals surface area contributed by atoms with Crippen molar-refractivity contribution in [1.82, 2.24) is 25.3 Å². The summed E-state index contributed by atoms with van der Waals surface area (Å²) < 4.78 is 0. The van der Waals surface area contributed by atoms with Crippen molar-refractivity contribution < 1.29 is 4.79 Å². The topological polar surface area (TPSA) is 86.8 Å². The second kappa shape index (κ2) is 6.79. The smallest absolute Gasteiger partial charge is 0.239 e. The number of anilines is 1. The van der Waals surface area contributed by atoms with Crippen molar-refractivity contribution in [2.24, 2.45) is 0 Å². The fraction of sp³-hybridized carbons (Fsp3) is 0.158. The van der Waals surface area contributed by atoms with Crippen molar-refractivity contribution in [2.45, 2.75) is 6.54 Å². The molecule has 0 fully saturated rings. The van der Waals surface area contributed by atoms with Gasteiger partial charge in [0.25, 0.3) is 0 Å². The summed E-state index contributed by atoms with van der Waals surface area (Å²) in [6, 6.07) is 14.4. The van der Waals surface area contributed by atoms with Gasteiger partial charge in [-0.25, -0.2) is 15.0 Å². The van der Waals surface area contributed by atoms with Crippen molar-refractivity contribution in [3.8, 4) is 0 Å². The van der Waals surface area contributed by atoms with E-state index < -0.39 is 0 Å². The lowest BCUT2D eigenvalue weighted by Crippen LogP contribution is -2.35. The quantitative estimate of drug-likeness (QED) is 0.579. The molecule has 130 valence electrons. The minimum absolute atomic E-state index is 0.0769. The molecule has 0 unspecified atom stereocenters. The van der Waals surface area contributed by atoms with Gasteiger partial charge >= 0.3 is 0 Å². The highest BCUT2D eigenvalue weighted by Crippen LogP contribution is 2.18. The Bertz CT molecular complexity index is 1070. The van der Waals surface area contributed by atoms with Crippen molar-refractivity contribution in [2.75, 3.05) is 18.5 Å². The summed E-state index contributed by atoms with van der Waals surface area (Å²) in [4.78, 5) is 29.5. The van der Waals surface area contributed by atoms with E-state index in [2.05, 4.69) is 49.5 Å². The lowest BCUT2D eigenvalue weighted by Gasteiger charge is -2.17. The summed E-state index contributed by atoms with van der Waals surface area (Å²) in [7, 11) is 1.82. The van der Waals surface area contributed by atoms with Crippen molar-refractivity contribution in [3.63, 3.8) is 0 Å². The fourth-order valence-corrected chi connectivity index (χ4v) is 2.94. The van der Waals surface area contributed by atoms with Gasteiger partial charge in [0.1, 0.15) is 11.8 Å². The van der Waals surface area contributed by atoms with Crippen LogP contribution in [0.2, 0.25) is 0 Å². The summed E-state index contributed by atoms with van der Waals surface area (Å²) in [5, 5.41) is 5.31. The first-order valence-corrected chi connectivity index (χ1v) is 8.30. The molecule has 0 saturated heterocycles. The molecule has 4 aromatic rings. The second-order valence-electron chi connectivity index (χ2n) is 6.11. The van der Waals surface area contributed by atoms with Crippen LogP contribution in [-0.2, 0) is 11.3 Å². The molecule has 2 N–H and O–H groups in total. The molecule has 26 heavy (non-hydrogen) atoms. The zero-order chi connectivity index (χ0) is 17.9. The average Bonchev–Trinajstić information content (AvgIpc) is 3.15. The van der Waals surface area contributed by atoms with Gasteiger partial charge in [0, 0.05) is 13.6 Å². The van der Waals surface area contributed by atoms with E-state index in [1.165, 1.54) is 17.1 Å². The molecule has 0 radical (unpaired) electrons. The molecule has 0 spiro atoms. The highest BCUT2D eigenvalue weighted by Gasteiger charge is 2.13. The van der Waals surface area contributed by atoms with Gasteiger partial charge in [0.15, 0.2) is 11.5 Å². The third-order valence-corrected chi connectivity index (χ3v) is 4.25. The van der Waals surface area contributed by atoms with Gasteiger partial charge in [0.05, 0.1) is 12.9 Å². The maximum atomic E-state index is 12.3. The number of hydrogen-bond donors (Lipinski definition) is 2. The Morgan fingerprint density at radius 1 is 1.12 bits per heavy atom. The first-order valence-electron chi connectivity index (χ1n) is 8.30. The molecule has 0 bridgehead atoms. The van der Waals surface area contributed by atoms with E-state index in [0.29, 0.717) is 18.0 Å². The van der Waals surface area contributed by atoms with E-state index in [0.717, 1.165) is 11.1 Å². The zero-order valence-corrected chi connectivity index (χ0v) is 14.3. The van der Waals surface area contributed by atoms with Gasteiger partial charge in [-0.3, -0.25) is 4.79 Å². The van der Waals surface area contributed by atoms with Crippen molar-refractivity contribution in [3.05, 3.63) is 60.7 Å². The molecule has 2 heterocycles. The van der Waals surface area contributed by atoms with Crippen LogP contribution in [0.15, 0.2) is 55.1 Å².